The van der Waals surface area contributed by atoms with E-state index in [9.17, 15) is 34.8 Å². The van der Waals surface area contributed by atoms with Gasteiger partial charge in [-0.2, -0.15) is 25.9 Å². The third-order valence-corrected chi connectivity index (χ3v) is 8.95. The van der Waals surface area contributed by atoms with Gasteiger partial charge >= 0.3 is 6.18 Å². The standard InChI is InChI=1S/C25H24F3N3O6S2/c1-17-14-29-10-9-20(17)18-5-4-6-19(13-18)22-15-30(24(32)16-38(33,34)35)11-12-31(22)39(36,37)23-8-3-2-7-21(23)25(26,27)28/h2-10,13-14,22H,11-12,15-16H2,1H3,(H,33,34,35). The summed E-state index contributed by atoms with van der Waals surface area (Å²) in [7, 11) is -9.41. The molecule has 1 fully saturated rings. The molecule has 9 nitrogen and oxygen atoms in total. The molecule has 1 unspecified atom stereocenters. The number of hydrogen-bond acceptors (Lipinski definition) is 6. The maximum atomic E-state index is 13.7. The van der Waals surface area contributed by atoms with Gasteiger partial charge in [0, 0.05) is 32.0 Å². The average molecular weight is 584 g/mol. The van der Waals surface area contributed by atoms with E-state index in [-0.39, 0.29) is 13.1 Å². The topological polar surface area (TPSA) is 125 Å². The van der Waals surface area contributed by atoms with E-state index < -0.39 is 61.0 Å². The predicted octanol–water partition coefficient (Wildman–Crippen LogP) is 3.54. The fourth-order valence-corrected chi connectivity index (χ4v) is 6.87. The van der Waals surface area contributed by atoms with Gasteiger partial charge in [-0.1, -0.05) is 30.3 Å². The number of sulfonamides is 1. The summed E-state index contributed by atoms with van der Waals surface area (Å²) >= 11 is 0. The number of amides is 1. The highest BCUT2D eigenvalue weighted by molar-refractivity contribution is 7.89. The minimum atomic E-state index is -4.94. The molecule has 0 radical (unpaired) electrons. The Hall–Kier alpha value is -3.33. The van der Waals surface area contributed by atoms with Crippen molar-refractivity contribution in [2.45, 2.75) is 24.0 Å². The Bertz CT molecular complexity index is 1610. The number of nitrogens with zero attached hydrogens (tertiary/aromatic N) is 3. The molecule has 0 aliphatic carbocycles. The SMILES string of the molecule is Cc1cnccc1-c1cccc(C2CN(C(=O)CS(=O)(=O)O)CCN2S(=O)(=O)c2ccccc2C(F)(F)F)c1. The molecule has 0 bridgehead atoms. The molecule has 2 aromatic carbocycles. The summed E-state index contributed by atoms with van der Waals surface area (Å²) in [5.74, 6) is -2.17. The number of pyridine rings is 1. The molecule has 1 amide bonds. The number of aryl methyl sites for hydroxylation is 1. The van der Waals surface area contributed by atoms with Crippen LogP contribution in [0.2, 0.25) is 0 Å². The zero-order chi connectivity index (χ0) is 28.6. The van der Waals surface area contributed by atoms with Crippen LogP contribution in [0.25, 0.3) is 11.1 Å². The number of benzene rings is 2. The normalized spacial score (nSPS) is 17.3. The van der Waals surface area contributed by atoms with Crippen LogP contribution >= 0.6 is 0 Å². The summed E-state index contributed by atoms with van der Waals surface area (Å²) in [4.78, 5) is 16.8. The van der Waals surface area contributed by atoms with Crippen LogP contribution in [-0.4, -0.2) is 66.9 Å². The lowest BCUT2D eigenvalue weighted by Crippen LogP contribution is -2.53. The van der Waals surface area contributed by atoms with Gasteiger partial charge in [-0.3, -0.25) is 14.3 Å². The Morgan fingerprint density at radius 2 is 1.77 bits per heavy atom. The van der Waals surface area contributed by atoms with E-state index >= 15 is 0 Å². The smallest absolute Gasteiger partial charge is 0.338 e. The highest BCUT2D eigenvalue weighted by Crippen LogP contribution is 2.39. The number of hydrogen-bond donors (Lipinski definition) is 1. The van der Waals surface area contributed by atoms with Gasteiger partial charge in [0.05, 0.1) is 16.5 Å². The number of rotatable bonds is 6. The van der Waals surface area contributed by atoms with Crippen LogP contribution < -0.4 is 0 Å². The van der Waals surface area contributed by atoms with Crippen molar-refractivity contribution in [1.29, 1.82) is 0 Å². The maximum absolute atomic E-state index is 13.7. The van der Waals surface area contributed by atoms with E-state index in [2.05, 4.69) is 4.98 Å². The second-order valence-corrected chi connectivity index (χ2v) is 12.3. The molecule has 39 heavy (non-hydrogen) atoms. The molecular weight excluding hydrogens is 559 g/mol. The summed E-state index contributed by atoms with van der Waals surface area (Å²) < 4.78 is 101. The van der Waals surface area contributed by atoms with Gasteiger partial charge < -0.3 is 4.90 Å². The number of halogens is 3. The summed E-state index contributed by atoms with van der Waals surface area (Å²) in [5.41, 5.74) is 1.35. The zero-order valence-electron chi connectivity index (χ0n) is 20.5. The highest BCUT2D eigenvalue weighted by Gasteiger charge is 2.43. The number of carbonyl (C=O) groups is 1. The quantitative estimate of drug-likeness (QED) is 0.440. The van der Waals surface area contributed by atoms with Crippen molar-refractivity contribution >= 4 is 26.0 Å². The van der Waals surface area contributed by atoms with Gasteiger partial charge in [-0.05, 0) is 53.4 Å². The van der Waals surface area contributed by atoms with Crippen LogP contribution in [0.1, 0.15) is 22.7 Å². The van der Waals surface area contributed by atoms with Crippen LogP contribution in [0.15, 0.2) is 71.9 Å². The second-order valence-electron chi connectivity index (χ2n) is 9.01. The van der Waals surface area contributed by atoms with Crippen LogP contribution in [0.3, 0.4) is 0 Å². The highest BCUT2D eigenvalue weighted by atomic mass is 32.2. The van der Waals surface area contributed by atoms with Crippen molar-refractivity contribution in [3.63, 3.8) is 0 Å². The summed E-state index contributed by atoms with van der Waals surface area (Å²) in [6, 6.07) is 11.1. The molecule has 1 aliphatic heterocycles. The molecular formula is C25H24F3N3O6S2. The minimum absolute atomic E-state index is 0.290. The predicted molar refractivity (Wildman–Crippen MR) is 135 cm³/mol. The first-order chi connectivity index (χ1) is 18.2. The lowest BCUT2D eigenvalue weighted by molar-refractivity contribution is -0.140. The minimum Gasteiger partial charge on any atom is -0.338 e. The Balaban J connectivity index is 1.82. The number of piperazine rings is 1. The van der Waals surface area contributed by atoms with E-state index in [1.54, 1.807) is 42.7 Å². The van der Waals surface area contributed by atoms with Gasteiger partial charge in [-0.25, -0.2) is 8.42 Å². The molecule has 3 aromatic rings. The molecule has 2 heterocycles. The van der Waals surface area contributed by atoms with Gasteiger partial charge in [0.2, 0.25) is 15.9 Å². The van der Waals surface area contributed by atoms with E-state index in [1.165, 1.54) is 6.07 Å². The molecule has 14 heteroatoms. The Labute approximate surface area is 223 Å². The molecule has 1 N–H and O–H groups in total. The molecule has 1 aliphatic rings. The van der Waals surface area contributed by atoms with E-state index in [4.69, 9.17) is 4.55 Å². The van der Waals surface area contributed by atoms with Gasteiger partial charge in [0.1, 0.15) is 0 Å². The number of carbonyl (C=O) groups excluding carboxylic acids is 1. The van der Waals surface area contributed by atoms with E-state index in [1.807, 2.05) is 6.92 Å². The molecule has 1 saturated heterocycles. The van der Waals surface area contributed by atoms with E-state index in [0.29, 0.717) is 17.2 Å². The Morgan fingerprint density at radius 3 is 2.44 bits per heavy atom. The zero-order valence-corrected chi connectivity index (χ0v) is 22.2. The average Bonchev–Trinajstić information content (AvgIpc) is 2.87. The second kappa shape index (κ2) is 10.7. The Morgan fingerprint density at radius 1 is 1.05 bits per heavy atom. The molecule has 0 saturated carbocycles. The van der Waals surface area contributed by atoms with Crippen molar-refractivity contribution < 1.29 is 39.4 Å². The van der Waals surface area contributed by atoms with Gasteiger partial charge in [0.15, 0.2) is 5.75 Å². The lowest BCUT2D eigenvalue weighted by Gasteiger charge is -2.41. The monoisotopic (exact) mass is 583 g/mol. The van der Waals surface area contributed by atoms with E-state index in [0.717, 1.165) is 32.5 Å². The summed E-state index contributed by atoms with van der Waals surface area (Å²) in [6.07, 6.45) is -1.72. The fourth-order valence-electron chi connectivity index (χ4n) is 4.56. The summed E-state index contributed by atoms with van der Waals surface area (Å²) in [6.45, 7) is 0.785. The van der Waals surface area contributed by atoms with Gasteiger partial charge in [0.25, 0.3) is 10.1 Å². The van der Waals surface area contributed by atoms with Gasteiger partial charge in [-0.15, -0.1) is 0 Å². The Kier molecular flexibility index (Phi) is 7.85. The van der Waals surface area contributed by atoms with Crippen molar-refractivity contribution in [3.05, 3.63) is 83.7 Å². The molecule has 208 valence electrons. The van der Waals surface area contributed by atoms with Crippen LogP contribution in [-0.2, 0) is 31.1 Å². The van der Waals surface area contributed by atoms with Crippen LogP contribution in [0.4, 0.5) is 13.2 Å². The number of alkyl halides is 3. The van der Waals surface area contributed by atoms with Crippen molar-refractivity contribution in [2.24, 2.45) is 0 Å². The van der Waals surface area contributed by atoms with Crippen molar-refractivity contribution in [3.8, 4) is 11.1 Å². The first kappa shape index (κ1) is 28.7. The molecule has 1 aromatic heterocycles. The van der Waals surface area contributed by atoms with Crippen LogP contribution in [0, 0.1) is 6.92 Å². The first-order valence-electron chi connectivity index (χ1n) is 11.6. The molecule has 0 spiro atoms. The third-order valence-electron chi connectivity index (χ3n) is 6.37. The molecule has 1 atom stereocenters. The first-order valence-corrected chi connectivity index (χ1v) is 14.7. The molecule has 4 rings (SSSR count). The maximum Gasteiger partial charge on any atom is 0.417 e. The lowest BCUT2D eigenvalue weighted by atomic mass is 9.97. The summed E-state index contributed by atoms with van der Waals surface area (Å²) in [5, 5.41) is 0. The third kappa shape index (κ3) is 6.30. The van der Waals surface area contributed by atoms with Crippen molar-refractivity contribution in [2.75, 3.05) is 25.4 Å². The fraction of sp³-hybridized carbons (Fsp3) is 0.280. The number of aromatic nitrogens is 1. The van der Waals surface area contributed by atoms with Crippen LogP contribution in [0.5, 0.6) is 0 Å². The largest absolute Gasteiger partial charge is 0.417 e. The van der Waals surface area contributed by atoms with Crippen molar-refractivity contribution in [1.82, 2.24) is 14.2 Å².